The fourth-order valence-electron chi connectivity index (χ4n) is 3.18. The number of methoxy groups -OCH3 is 1. The minimum absolute atomic E-state index is 0.173. The number of para-hydroxylation sites is 2. The summed E-state index contributed by atoms with van der Waals surface area (Å²) in [5.41, 5.74) is 4.17. The Kier molecular flexibility index (Phi) is 5.81. The van der Waals surface area contributed by atoms with Gasteiger partial charge in [0.05, 0.1) is 24.4 Å². The van der Waals surface area contributed by atoms with Crippen LogP contribution in [0.5, 0.6) is 5.75 Å². The lowest BCUT2D eigenvalue weighted by molar-refractivity contribution is -0.118. The largest absolute Gasteiger partial charge is 0.495 e. The number of aromatic nitrogens is 1. The molecule has 0 aliphatic carbocycles. The van der Waals surface area contributed by atoms with Crippen LogP contribution in [0, 0.1) is 31.1 Å². The number of rotatable bonds is 5. The highest BCUT2D eigenvalue weighted by Gasteiger charge is 2.22. The Balaban J connectivity index is 1.87. The van der Waals surface area contributed by atoms with E-state index in [0.29, 0.717) is 22.2 Å². The molecule has 1 atom stereocenters. The maximum atomic E-state index is 12.7. The fourth-order valence-corrected chi connectivity index (χ4v) is 3.40. The third kappa shape index (κ3) is 4.08. The highest BCUT2D eigenvalue weighted by Crippen LogP contribution is 2.28. The second-order valence-electron chi connectivity index (χ2n) is 6.66. The number of benzene rings is 2. The van der Waals surface area contributed by atoms with Gasteiger partial charge in [0.25, 0.3) is 0 Å². The van der Waals surface area contributed by atoms with E-state index in [-0.39, 0.29) is 6.42 Å². The summed E-state index contributed by atoms with van der Waals surface area (Å²) < 4.78 is 5.24. The first-order valence-corrected chi connectivity index (χ1v) is 9.20. The van der Waals surface area contributed by atoms with Crippen molar-refractivity contribution in [3.05, 3.63) is 64.3 Å². The van der Waals surface area contributed by atoms with E-state index >= 15 is 0 Å². The molecule has 3 aromatic rings. The Morgan fingerprint density at radius 3 is 2.75 bits per heavy atom. The van der Waals surface area contributed by atoms with E-state index in [4.69, 9.17) is 16.3 Å². The summed E-state index contributed by atoms with van der Waals surface area (Å²) in [6.45, 7) is 4.01. The minimum Gasteiger partial charge on any atom is -0.495 e. The smallest absolute Gasteiger partial charge is 0.242 e. The predicted molar refractivity (Wildman–Crippen MR) is 111 cm³/mol. The molecule has 0 bridgehead atoms. The summed E-state index contributed by atoms with van der Waals surface area (Å²) in [6.07, 6.45) is 0.173. The average molecular weight is 394 g/mol. The monoisotopic (exact) mass is 393 g/mol. The molecule has 1 N–H and O–H groups in total. The summed E-state index contributed by atoms with van der Waals surface area (Å²) >= 11 is 6.35. The van der Waals surface area contributed by atoms with E-state index in [2.05, 4.69) is 22.4 Å². The van der Waals surface area contributed by atoms with Gasteiger partial charge in [-0.15, -0.1) is 0 Å². The van der Waals surface area contributed by atoms with E-state index in [1.54, 1.807) is 24.3 Å². The molecule has 0 fully saturated rings. The van der Waals surface area contributed by atoms with Gasteiger partial charge in [-0.05, 0) is 54.8 Å². The fraction of sp³-hybridized carbons (Fsp3) is 0.227. The van der Waals surface area contributed by atoms with Crippen LogP contribution in [-0.4, -0.2) is 18.0 Å². The first-order valence-electron chi connectivity index (χ1n) is 8.82. The molecule has 2 aromatic carbocycles. The quantitative estimate of drug-likeness (QED) is 0.629. The number of nitrogens with zero attached hydrogens (tertiary/aromatic N) is 2. The average Bonchev–Trinajstić information content (AvgIpc) is 2.66. The zero-order valence-corrected chi connectivity index (χ0v) is 16.7. The molecule has 1 aromatic heterocycles. The summed E-state index contributed by atoms with van der Waals surface area (Å²) in [4.78, 5) is 17.1. The van der Waals surface area contributed by atoms with Gasteiger partial charge in [-0.1, -0.05) is 29.8 Å². The molecule has 142 valence electrons. The van der Waals surface area contributed by atoms with Gasteiger partial charge >= 0.3 is 0 Å². The summed E-state index contributed by atoms with van der Waals surface area (Å²) in [5, 5.41) is 13.6. The van der Waals surface area contributed by atoms with Crippen molar-refractivity contribution in [2.24, 2.45) is 5.92 Å². The van der Waals surface area contributed by atoms with Crippen LogP contribution in [0.1, 0.15) is 16.7 Å². The Hall–Kier alpha value is -3.10. The van der Waals surface area contributed by atoms with Crippen LogP contribution in [0.25, 0.3) is 10.9 Å². The minimum atomic E-state index is -0.910. The molecule has 0 radical (unpaired) electrons. The van der Waals surface area contributed by atoms with Crippen LogP contribution >= 0.6 is 11.6 Å². The molecule has 1 amide bonds. The molecule has 1 heterocycles. The lowest BCUT2D eigenvalue weighted by Crippen LogP contribution is -2.24. The molecule has 0 saturated heterocycles. The van der Waals surface area contributed by atoms with Gasteiger partial charge in [0.2, 0.25) is 5.91 Å². The standard InChI is InChI=1S/C22H20ClN3O2/c1-13-8-14(2)17-11-15(21(23)25-19(17)9-13)10-16(12-24)22(27)26-18-6-4-5-7-20(18)28-3/h4-9,11,16H,10H2,1-3H3,(H,26,27)/t16-/m0/s1. The summed E-state index contributed by atoms with van der Waals surface area (Å²) in [5.74, 6) is -0.792. The van der Waals surface area contributed by atoms with Gasteiger partial charge in [0.1, 0.15) is 16.8 Å². The highest BCUT2D eigenvalue weighted by molar-refractivity contribution is 6.30. The van der Waals surface area contributed by atoms with Gasteiger partial charge < -0.3 is 10.1 Å². The molecule has 3 rings (SSSR count). The zero-order chi connectivity index (χ0) is 20.3. The number of pyridine rings is 1. The van der Waals surface area contributed by atoms with Crippen molar-refractivity contribution in [1.29, 1.82) is 5.26 Å². The van der Waals surface area contributed by atoms with Gasteiger partial charge in [-0.25, -0.2) is 4.98 Å². The third-order valence-electron chi connectivity index (χ3n) is 4.57. The van der Waals surface area contributed by atoms with Gasteiger partial charge in [0, 0.05) is 11.8 Å². The maximum absolute atomic E-state index is 12.7. The predicted octanol–water partition coefficient (Wildman–Crippen LogP) is 4.83. The molecule has 6 heteroatoms. The van der Waals surface area contributed by atoms with E-state index in [9.17, 15) is 10.1 Å². The van der Waals surface area contributed by atoms with Crippen molar-refractivity contribution in [3.8, 4) is 11.8 Å². The van der Waals surface area contributed by atoms with Crippen LogP contribution in [-0.2, 0) is 11.2 Å². The van der Waals surface area contributed by atoms with Crippen molar-refractivity contribution < 1.29 is 9.53 Å². The Labute approximate surface area is 168 Å². The molecule has 0 unspecified atom stereocenters. The van der Waals surface area contributed by atoms with Gasteiger partial charge in [0.15, 0.2) is 0 Å². The molecule has 28 heavy (non-hydrogen) atoms. The van der Waals surface area contributed by atoms with Gasteiger partial charge in [-0.2, -0.15) is 5.26 Å². The third-order valence-corrected chi connectivity index (χ3v) is 4.90. The highest BCUT2D eigenvalue weighted by atomic mass is 35.5. The van der Waals surface area contributed by atoms with Crippen molar-refractivity contribution in [2.45, 2.75) is 20.3 Å². The van der Waals surface area contributed by atoms with Crippen LogP contribution < -0.4 is 10.1 Å². The topological polar surface area (TPSA) is 75.0 Å². The van der Waals surface area contributed by atoms with E-state index in [1.807, 2.05) is 26.0 Å². The first-order chi connectivity index (χ1) is 13.4. The van der Waals surface area contributed by atoms with Crippen molar-refractivity contribution >= 4 is 34.1 Å². The molecular weight excluding hydrogens is 374 g/mol. The van der Waals surface area contributed by atoms with Crippen LogP contribution in [0.4, 0.5) is 5.69 Å². The number of nitrogens with one attached hydrogen (secondary N) is 1. The number of nitriles is 1. The van der Waals surface area contributed by atoms with E-state index in [1.165, 1.54) is 7.11 Å². The number of fused-ring (bicyclic) bond motifs is 1. The Morgan fingerprint density at radius 1 is 1.29 bits per heavy atom. The Morgan fingerprint density at radius 2 is 2.04 bits per heavy atom. The number of halogens is 1. The zero-order valence-electron chi connectivity index (χ0n) is 15.9. The Bertz CT molecular complexity index is 1090. The number of ether oxygens (including phenoxy) is 1. The molecule has 0 aliphatic heterocycles. The van der Waals surface area contributed by atoms with Crippen LogP contribution in [0.3, 0.4) is 0 Å². The van der Waals surface area contributed by atoms with E-state index < -0.39 is 11.8 Å². The van der Waals surface area contributed by atoms with Crippen molar-refractivity contribution in [2.75, 3.05) is 12.4 Å². The molecule has 0 aliphatic rings. The van der Waals surface area contributed by atoms with Crippen molar-refractivity contribution in [1.82, 2.24) is 4.98 Å². The number of carbonyl (C=O) groups excluding carboxylic acids is 1. The number of carbonyl (C=O) groups is 1. The maximum Gasteiger partial charge on any atom is 0.242 e. The molecule has 0 saturated carbocycles. The summed E-state index contributed by atoms with van der Waals surface area (Å²) in [6, 6.07) is 15.1. The van der Waals surface area contributed by atoms with E-state index in [0.717, 1.165) is 22.0 Å². The normalized spacial score (nSPS) is 11.7. The SMILES string of the molecule is COc1ccccc1NC(=O)[C@H](C#N)Cc1cc2c(C)cc(C)cc2nc1Cl. The van der Waals surface area contributed by atoms with Crippen LogP contribution in [0.15, 0.2) is 42.5 Å². The molecule has 5 nitrogen and oxygen atoms in total. The summed E-state index contributed by atoms with van der Waals surface area (Å²) in [7, 11) is 1.53. The van der Waals surface area contributed by atoms with Crippen LogP contribution in [0.2, 0.25) is 5.15 Å². The number of hydrogen-bond donors (Lipinski definition) is 1. The lowest BCUT2D eigenvalue weighted by atomic mass is 9.98. The second-order valence-corrected chi connectivity index (χ2v) is 7.02. The first kappa shape index (κ1) is 19.7. The van der Waals surface area contributed by atoms with Crippen molar-refractivity contribution in [3.63, 3.8) is 0 Å². The number of aryl methyl sites for hydroxylation is 2. The number of anilines is 1. The molecular formula is C22H20ClN3O2. The molecule has 0 spiro atoms. The number of amides is 1. The van der Waals surface area contributed by atoms with Gasteiger partial charge in [-0.3, -0.25) is 4.79 Å². The second kappa shape index (κ2) is 8.28. The lowest BCUT2D eigenvalue weighted by Gasteiger charge is -2.14. The number of hydrogen-bond acceptors (Lipinski definition) is 4.